The molecule has 6 nitrogen and oxygen atoms in total. The Hall–Kier alpha value is -1.93. The largest absolute Gasteiger partial charge is 0.338 e. The van der Waals surface area contributed by atoms with E-state index in [4.69, 9.17) is 0 Å². The van der Waals surface area contributed by atoms with Crippen LogP contribution in [0.3, 0.4) is 0 Å². The third-order valence-corrected chi connectivity index (χ3v) is 5.84. The summed E-state index contributed by atoms with van der Waals surface area (Å²) in [5.41, 5.74) is 1.49. The van der Waals surface area contributed by atoms with Gasteiger partial charge in [0.05, 0.1) is 11.9 Å². The number of hydrogen-bond acceptors (Lipinski definition) is 5. The van der Waals surface area contributed by atoms with E-state index in [-0.39, 0.29) is 11.8 Å². The molecule has 2 heterocycles. The SMILES string of the molecule is Cc1cc(Br)ccc1SCC(=O)N1CCN(C(=O)c2cnccn2)CC1. The smallest absolute Gasteiger partial charge is 0.274 e. The maximum absolute atomic E-state index is 12.5. The van der Waals surface area contributed by atoms with Crippen LogP contribution in [0.1, 0.15) is 16.1 Å². The first-order valence-corrected chi connectivity index (χ1v) is 10.0. The van der Waals surface area contributed by atoms with Crippen LogP contribution in [-0.2, 0) is 4.79 Å². The average Bonchev–Trinajstić information content (AvgIpc) is 2.67. The number of piperazine rings is 1. The second-order valence-corrected chi connectivity index (χ2v) is 7.89. The van der Waals surface area contributed by atoms with Gasteiger partial charge in [-0.3, -0.25) is 14.6 Å². The second kappa shape index (κ2) is 8.64. The topological polar surface area (TPSA) is 66.4 Å². The summed E-state index contributed by atoms with van der Waals surface area (Å²) in [6.45, 7) is 4.16. The quantitative estimate of drug-likeness (QED) is 0.691. The molecule has 0 aliphatic carbocycles. The zero-order valence-electron chi connectivity index (χ0n) is 14.4. The first-order chi connectivity index (χ1) is 12.5. The minimum absolute atomic E-state index is 0.101. The van der Waals surface area contributed by atoms with Gasteiger partial charge in [-0.05, 0) is 30.7 Å². The molecule has 1 aromatic carbocycles. The van der Waals surface area contributed by atoms with Crippen molar-refractivity contribution in [1.82, 2.24) is 19.8 Å². The molecule has 0 bridgehead atoms. The molecule has 2 aromatic rings. The van der Waals surface area contributed by atoms with Crippen LogP contribution in [0.25, 0.3) is 0 Å². The number of carbonyl (C=O) groups excluding carboxylic acids is 2. The van der Waals surface area contributed by atoms with Gasteiger partial charge in [0.2, 0.25) is 5.91 Å². The number of halogens is 1. The lowest BCUT2D eigenvalue weighted by Crippen LogP contribution is -2.51. The highest BCUT2D eigenvalue weighted by Gasteiger charge is 2.25. The van der Waals surface area contributed by atoms with E-state index in [9.17, 15) is 9.59 Å². The third-order valence-electron chi connectivity index (χ3n) is 4.19. The lowest BCUT2D eigenvalue weighted by atomic mass is 10.2. The fourth-order valence-electron chi connectivity index (χ4n) is 2.74. The highest BCUT2D eigenvalue weighted by atomic mass is 79.9. The minimum atomic E-state index is -0.134. The van der Waals surface area contributed by atoms with E-state index in [0.29, 0.717) is 37.6 Å². The van der Waals surface area contributed by atoms with Crippen molar-refractivity contribution in [2.75, 3.05) is 31.9 Å². The molecule has 8 heteroatoms. The number of aryl methyl sites for hydroxylation is 1. The molecule has 0 spiro atoms. The molecular formula is C18H19BrN4O2S. The number of benzene rings is 1. The van der Waals surface area contributed by atoms with Crippen LogP contribution in [0.15, 0.2) is 46.2 Å². The van der Waals surface area contributed by atoms with E-state index in [1.54, 1.807) is 16.7 Å². The van der Waals surface area contributed by atoms with Crippen LogP contribution >= 0.6 is 27.7 Å². The van der Waals surface area contributed by atoms with E-state index >= 15 is 0 Å². The second-order valence-electron chi connectivity index (χ2n) is 5.96. The molecule has 0 unspecified atom stereocenters. The van der Waals surface area contributed by atoms with Crippen molar-refractivity contribution < 1.29 is 9.59 Å². The van der Waals surface area contributed by atoms with Crippen LogP contribution in [0.5, 0.6) is 0 Å². The van der Waals surface area contributed by atoms with Crippen LogP contribution in [0.2, 0.25) is 0 Å². The number of rotatable bonds is 4. The molecule has 1 aliphatic rings. The summed E-state index contributed by atoms with van der Waals surface area (Å²) in [6.07, 6.45) is 4.52. The lowest BCUT2D eigenvalue weighted by molar-refractivity contribution is -0.129. The predicted octanol–water partition coefficient (Wildman–Crippen LogP) is 2.62. The molecule has 0 atom stereocenters. The van der Waals surface area contributed by atoms with E-state index in [1.165, 1.54) is 18.6 Å². The van der Waals surface area contributed by atoms with Gasteiger partial charge >= 0.3 is 0 Å². The Balaban J connectivity index is 1.50. The van der Waals surface area contributed by atoms with Crippen molar-refractivity contribution in [3.8, 4) is 0 Å². The van der Waals surface area contributed by atoms with Crippen molar-refractivity contribution >= 4 is 39.5 Å². The molecule has 1 aromatic heterocycles. The summed E-state index contributed by atoms with van der Waals surface area (Å²) in [5.74, 6) is 0.370. The minimum Gasteiger partial charge on any atom is -0.338 e. The van der Waals surface area contributed by atoms with E-state index in [1.807, 2.05) is 30.0 Å². The van der Waals surface area contributed by atoms with Gasteiger partial charge in [0, 0.05) is 47.9 Å². The fourth-order valence-corrected chi connectivity index (χ4v) is 4.12. The van der Waals surface area contributed by atoms with Crippen LogP contribution < -0.4 is 0 Å². The van der Waals surface area contributed by atoms with Crippen molar-refractivity contribution in [1.29, 1.82) is 0 Å². The summed E-state index contributed by atoms with van der Waals surface area (Å²) >= 11 is 5.00. The Kier molecular flexibility index (Phi) is 6.26. The van der Waals surface area contributed by atoms with Crippen LogP contribution in [0, 0.1) is 6.92 Å². The standard InChI is InChI=1S/C18H19BrN4O2S/c1-13-10-14(19)2-3-16(13)26-12-17(24)22-6-8-23(9-7-22)18(25)15-11-20-4-5-21-15/h2-5,10-11H,6-9,12H2,1H3. The predicted molar refractivity (Wildman–Crippen MR) is 104 cm³/mol. The van der Waals surface area contributed by atoms with E-state index in [2.05, 4.69) is 25.9 Å². The Bertz CT molecular complexity index is 795. The molecule has 1 aliphatic heterocycles. The van der Waals surface area contributed by atoms with E-state index < -0.39 is 0 Å². The molecule has 1 saturated heterocycles. The molecule has 1 fully saturated rings. The average molecular weight is 435 g/mol. The maximum atomic E-state index is 12.5. The van der Waals surface area contributed by atoms with Gasteiger partial charge in [0.15, 0.2) is 0 Å². The highest BCUT2D eigenvalue weighted by molar-refractivity contribution is 9.10. The van der Waals surface area contributed by atoms with Crippen LogP contribution in [-0.4, -0.2) is 63.5 Å². The van der Waals surface area contributed by atoms with Gasteiger partial charge < -0.3 is 9.80 Å². The zero-order valence-corrected chi connectivity index (χ0v) is 16.8. The molecule has 3 rings (SSSR count). The third kappa shape index (κ3) is 4.62. The Morgan fingerprint density at radius 1 is 1.15 bits per heavy atom. The molecule has 2 amide bonds. The summed E-state index contributed by atoms with van der Waals surface area (Å²) in [7, 11) is 0. The van der Waals surface area contributed by atoms with Gasteiger partial charge in [-0.25, -0.2) is 4.98 Å². The Labute approximate surface area is 165 Å². The fraction of sp³-hybridized carbons (Fsp3) is 0.333. The Morgan fingerprint density at radius 2 is 1.88 bits per heavy atom. The summed E-state index contributed by atoms with van der Waals surface area (Å²) < 4.78 is 1.04. The number of thioether (sulfide) groups is 1. The van der Waals surface area contributed by atoms with Crippen molar-refractivity contribution in [3.05, 3.63) is 52.5 Å². The Morgan fingerprint density at radius 3 is 2.54 bits per heavy atom. The zero-order chi connectivity index (χ0) is 18.5. The molecule has 0 radical (unpaired) electrons. The van der Waals surface area contributed by atoms with Gasteiger partial charge in [-0.2, -0.15) is 0 Å². The number of hydrogen-bond donors (Lipinski definition) is 0. The first-order valence-electron chi connectivity index (χ1n) is 8.26. The molecular weight excluding hydrogens is 416 g/mol. The van der Waals surface area contributed by atoms with Gasteiger partial charge in [0.1, 0.15) is 5.69 Å². The summed E-state index contributed by atoms with van der Waals surface area (Å²) in [4.78, 5) is 37.5. The van der Waals surface area contributed by atoms with Crippen molar-refractivity contribution in [3.63, 3.8) is 0 Å². The summed E-state index contributed by atoms with van der Waals surface area (Å²) in [5, 5.41) is 0. The normalized spacial score (nSPS) is 14.4. The highest BCUT2D eigenvalue weighted by Crippen LogP contribution is 2.25. The number of amides is 2. The van der Waals surface area contributed by atoms with Gasteiger partial charge in [-0.15, -0.1) is 11.8 Å². The molecule has 0 saturated carbocycles. The number of aromatic nitrogens is 2. The maximum Gasteiger partial charge on any atom is 0.274 e. The van der Waals surface area contributed by atoms with Gasteiger partial charge in [-0.1, -0.05) is 15.9 Å². The lowest BCUT2D eigenvalue weighted by Gasteiger charge is -2.34. The monoisotopic (exact) mass is 434 g/mol. The van der Waals surface area contributed by atoms with E-state index in [0.717, 1.165) is 14.9 Å². The first kappa shape index (κ1) is 18.8. The molecule has 136 valence electrons. The van der Waals surface area contributed by atoms with Crippen LogP contribution in [0.4, 0.5) is 0 Å². The van der Waals surface area contributed by atoms with Crippen molar-refractivity contribution in [2.24, 2.45) is 0 Å². The van der Waals surface area contributed by atoms with Crippen molar-refractivity contribution in [2.45, 2.75) is 11.8 Å². The van der Waals surface area contributed by atoms with Gasteiger partial charge in [0.25, 0.3) is 5.91 Å². The number of carbonyl (C=O) groups is 2. The molecule has 0 N–H and O–H groups in total. The summed E-state index contributed by atoms with van der Waals surface area (Å²) in [6, 6.07) is 6.05. The molecule has 26 heavy (non-hydrogen) atoms. The number of nitrogens with zero attached hydrogens (tertiary/aromatic N) is 4.